The molecular weight excluding hydrogens is 330 g/mol. The van der Waals surface area contributed by atoms with Gasteiger partial charge in [0.1, 0.15) is 4.90 Å². The van der Waals surface area contributed by atoms with E-state index in [2.05, 4.69) is 10.2 Å². The fraction of sp³-hybridized carbons (Fsp3) is 0.600. The monoisotopic (exact) mass is 353 g/mol. The molecule has 24 heavy (non-hydrogen) atoms. The molecule has 2 atom stereocenters. The van der Waals surface area contributed by atoms with Gasteiger partial charge in [-0.25, -0.2) is 8.42 Å². The molecule has 8 nitrogen and oxygen atoms in total. The van der Waals surface area contributed by atoms with E-state index in [-0.39, 0.29) is 29.4 Å². The van der Waals surface area contributed by atoms with Crippen LogP contribution in [0.2, 0.25) is 0 Å². The molecule has 3 heterocycles. The predicted octanol–water partition coefficient (Wildman–Crippen LogP) is 0.594. The van der Waals surface area contributed by atoms with Gasteiger partial charge >= 0.3 is 0 Å². The summed E-state index contributed by atoms with van der Waals surface area (Å²) in [5.41, 5.74) is 0.964. The number of hydrogen-bond donors (Lipinski definition) is 1. The second-order valence-electron chi connectivity index (χ2n) is 6.57. The lowest BCUT2D eigenvalue weighted by atomic mass is 9.92. The van der Waals surface area contributed by atoms with Crippen LogP contribution < -0.4 is 0 Å². The van der Waals surface area contributed by atoms with E-state index in [4.69, 9.17) is 0 Å². The molecule has 9 heteroatoms. The van der Waals surface area contributed by atoms with Gasteiger partial charge in [-0.05, 0) is 19.4 Å². The molecule has 0 aromatic carbocycles. The van der Waals surface area contributed by atoms with Crippen LogP contribution in [-0.2, 0) is 17.1 Å². The van der Waals surface area contributed by atoms with Crippen molar-refractivity contribution >= 4 is 10.0 Å². The van der Waals surface area contributed by atoms with Crippen molar-refractivity contribution in [2.24, 2.45) is 13.0 Å². The Morgan fingerprint density at radius 3 is 2.54 bits per heavy atom. The van der Waals surface area contributed by atoms with Crippen molar-refractivity contribution in [3.8, 4) is 0 Å². The van der Waals surface area contributed by atoms with Crippen LogP contribution in [0.15, 0.2) is 29.7 Å². The maximum Gasteiger partial charge on any atom is 0.246 e. The summed E-state index contributed by atoms with van der Waals surface area (Å²) in [4.78, 5) is 0.181. The topological polar surface area (TPSA) is 93.2 Å². The number of sulfonamides is 1. The predicted molar refractivity (Wildman–Crippen MR) is 87.9 cm³/mol. The largest absolute Gasteiger partial charge is 0.396 e. The number of aromatic nitrogens is 4. The zero-order valence-electron chi connectivity index (χ0n) is 14.1. The van der Waals surface area contributed by atoms with Crippen molar-refractivity contribution < 1.29 is 13.5 Å². The Hall–Kier alpha value is -1.71. The molecule has 0 aliphatic carbocycles. The van der Waals surface area contributed by atoms with E-state index in [0.717, 1.165) is 5.56 Å². The van der Waals surface area contributed by atoms with E-state index in [9.17, 15) is 13.5 Å². The highest BCUT2D eigenvalue weighted by Gasteiger charge is 2.40. The molecule has 1 saturated heterocycles. The number of aliphatic hydroxyl groups is 1. The first-order valence-corrected chi connectivity index (χ1v) is 9.40. The summed E-state index contributed by atoms with van der Waals surface area (Å²) >= 11 is 0. The zero-order valence-corrected chi connectivity index (χ0v) is 14.9. The van der Waals surface area contributed by atoms with Gasteiger partial charge in [0.05, 0.1) is 12.4 Å². The molecule has 0 saturated carbocycles. The van der Waals surface area contributed by atoms with Crippen LogP contribution >= 0.6 is 0 Å². The molecule has 1 aliphatic heterocycles. The van der Waals surface area contributed by atoms with Crippen molar-refractivity contribution in [2.45, 2.75) is 30.7 Å². The lowest BCUT2D eigenvalue weighted by molar-refractivity contribution is 0.223. The Morgan fingerprint density at radius 2 is 2.00 bits per heavy atom. The Bertz CT molecular complexity index is 811. The van der Waals surface area contributed by atoms with Crippen LogP contribution in [0.1, 0.15) is 31.4 Å². The molecule has 1 fully saturated rings. The quantitative estimate of drug-likeness (QED) is 0.849. The third kappa shape index (κ3) is 2.99. The first-order chi connectivity index (χ1) is 11.3. The van der Waals surface area contributed by atoms with Gasteiger partial charge in [-0.3, -0.25) is 9.36 Å². The van der Waals surface area contributed by atoms with Crippen molar-refractivity contribution in [3.63, 3.8) is 0 Å². The number of rotatable bonds is 5. The third-order valence-corrected chi connectivity index (χ3v) is 6.32. The van der Waals surface area contributed by atoms with Crippen molar-refractivity contribution in [1.29, 1.82) is 0 Å². The van der Waals surface area contributed by atoms with E-state index < -0.39 is 10.0 Å². The molecule has 0 spiro atoms. The summed E-state index contributed by atoms with van der Waals surface area (Å²) in [5, 5.41) is 18.0. The maximum atomic E-state index is 12.8. The van der Waals surface area contributed by atoms with Gasteiger partial charge in [0, 0.05) is 57.0 Å². The number of hydrogen-bond acceptors (Lipinski definition) is 5. The smallest absolute Gasteiger partial charge is 0.246 e. The Labute approximate surface area is 141 Å². The second kappa shape index (κ2) is 6.30. The van der Waals surface area contributed by atoms with Crippen molar-refractivity contribution in [1.82, 2.24) is 23.9 Å². The number of aliphatic hydroxyl groups excluding tert-OH is 1. The van der Waals surface area contributed by atoms with Crippen LogP contribution in [0.3, 0.4) is 0 Å². The zero-order chi connectivity index (χ0) is 17.5. The minimum atomic E-state index is -3.60. The average molecular weight is 353 g/mol. The number of aryl methyl sites for hydroxylation is 1. The Balaban J connectivity index is 1.86. The summed E-state index contributed by atoms with van der Waals surface area (Å²) < 4.78 is 30.3. The summed E-state index contributed by atoms with van der Waals surface area (Å²) in [6, 6.07) is 0.239. The van der Waals surface area contributed by atoms with E-state index in [1.54, 1.807) is 13.2 Å². The SMILES string of the molecule is CC(C)n1cc([C@@H]2CN(S(=O)(=O)c3cnn(C)c3)C[C@H]2CO)cn1. The molecule has 1 aliphatic rings. The first-order valence-electron chi connectivity index (χ1n) is 7.96. The molecular formula is C15H23N5O3S. The van der Waals surface area contributed by atoms with E-state index in [1.807, 2.05) is 24.7 Å². The Kier molecular flexibility index (Phi) is 4.50. The highest BCUT2D eigenvalue weighted by atomic mass is 32.2. The summed E-state index contributed by atoms with van der Waals surface area (Å²) in [7, 11) is -1.92. The van der Waals surface area contributed by atoms with Gasteiger partial charge in [0.25, 0.3) is 0 Å². The molecule has 1 N–H and O–H groups in total. The summed E-state index contributed by atoms with van der Waals surface area (Å²) in [5.74, 6) is -0.199. The average Bonchev–Trinajstić information content (AvgIpc) is 3.25. The van der Waals surface area contributed by atoms with Gasteiger partial charge in [-0.15, -0.1) is 0 Å². The third-order valence-electron chi connectivity index (χ3n) is 4.54. The molecule has 2 aromatic heterocycles. The molecule has 0 amide bonds. The molecule has 3 rings (SSSR count). The molecule has 0 radical (unpaired) electrons. The molecule has 2 aromatic rings. The first kappa shape index (κ1) is 17.1. The lowest BCUT2D eigenvalue weighted by Gasteiger charge is -2.14. The summed E-state index contributed by atoms with van der Waals surface area (Å²) in [6.45, 7) is 4.65. The van der Waals surface area contributed by atoms with Crippen LogP contribution in [0.4, 0.5) is 0 Å². The minimum absolute atomic E-state index is 0.0589. The fourth-order valence-electron chi connectivity index (χ4n) is 3.10. The van der Waals surface area contributed by atoms with Crippen LogP contribution in [-0.4, -0.2) is 57.1 Å². The van der Waals surface area contributed by atoms with Crippen molar-refractivity contribution in [2.75, 3.05) is 19.7 Å². The van der Waals surface area contributed by atoms with Gasteiger partial charge in [-0.1, -0.05) is 0 Å². The van der Waals surface area contributed by atoms with E-state index in [0.29, 0.717) is 13.1 Å². The fourth-order valence-corrected chi connectivity index (χ4v) is 4.61. The van der Waals surface area contributed by atoms with Crippen LogP contribution in [0.25, 0.3) is 0 Å². The van der Waals surface area contributed by atoms with E-state index >= 15 is 0 Å². The normalized spacial score (nSPS) is 22.5. The van der Waals surface area contributed by atoms with Crippen LogP contribution in [0.5, 0.6) is 0 Å². The highest BCUT2D eigenvalue weighted by Crippen LogP contribution is 2.35. The molecule has 0 unspecified atom stereocenters. The number of nitrogens with zero attached hydrogens (tertiary/aromatic N) is 5. The van der Waals surface area contributed by atoms with Gasteiger partial charge in [-0.2, -0.15) is 14.5 Å². The Morgan fingerprint density at radius 1 is 1.25 bits per heavy atom. The maximum absolute atomic E-state index is 12.8. The van der Waals surface area contributed by atoms with Crippen molar-refractivity contribution in [3.05, 3.63) is 30.4 Å². The highest BCUT2D eigenvalue weighted by molar-refractivity contribution is 7.89. The standard InChI is InChI=1S/C15H23N5O3S/c1-11(2)20-7-12(4-17-20)15-9-19(6-13(15)10-21)24(22,23)14-5-16-18(3)8-14/h4-5,7-8,11,13,15,21H,6,9-10H2,1-3H3/t13-,15-/m0/s1. The van der Waals surface area contributed by atoms with E-state index in [1.165, 1.54) is 21.4 Å². The summed E-state index contributed by atoms with van der Waals surface area (Å²) in [6.07, 6.45) is 6.56. The van der Waals surface area contributed by atoms with Crippen LogP contribution in [0, 0.1) is 5.92 Å². The van der Waals surface area contributed by atoms with Gasteiger partial charge in [0.15, 0.2) is 0 Å². The second-order valence-corrected chi connectivity index (χ2v) is 8.51. The lowest BCUT2D eigenvalue weighted by Crippen LogP contribution is -2.29. The van der Waals surface area contributed by atoms with Gasteiger partial charge < -0.3 is 5.11 Å². The molecule has 0 bridgehead atoms. The minimum Gasteiger partial charge on any atom is -0.396 e. The van der Waals surface area contributed by atoms with Gasteiger partial charge in [0.2, 0.25) is 10.0 Å². The molecule has 132 valence electrons.